The van der Waals surface area contributed by atoms with Gasteiger partial charge in [0.15, 0.2) is 5.69 Å². The maximum atomic E-state index is 12.5. The van der Waals surface area contributed by atoms with Crippen LogP contribution in [0.3, 0.4) is 0 Å². The van der Waals surface area contributed by atoms with Crippen molar-refractivity contribution >= 4 is 11.6 Å². The quantitative estimate of drug-likeness (QED) is 0.799. The van der Waals surface area contributed by atoms with Gasteiger partial charge < -0.3 is 4.74 Å². The van der Waals surface area contributed by atoms with Gasteiger partial charge in [0, 0.05) is 24.9 Å². The third-order valence-corrected chi connectivity index (χ3v) is 2.31. The molecule has 0 saturated carbocycles. The van der Waals surface area contributed by atoms with E-state index in [0.29, 0.717) is 5.69 Å². The van der Waals surface area contributed by atoms with Crippen molar-refractivity contribution in [2.75, 3.05) is 0 Å². The maximum Gasteiger partial charge on any atom is 0.435 e. The molecular formula is C10H8ClF3N4O. The van der Waals surface area contributed by atoms with E-state index in [0.717, 1.165) is 10.7 Å². The molecule has 2 aromatic rings. The van der Waals surface area contributed by atoms with Gasteiger partial charge in [0.25, 0.3) is 0 Å². The molecule has 102 valence electrons. The van der Waals surface area contributed by atoms with Crippen LogP contribution in [0, 0.1) is 6.92 Å². The molecule has 9 heteroatoms. The minimum atomic E-state index is -4.53. The Labute approximate surface area is 111 Å². The first-order valence-corrected chi connectivity index (χ1v) is 5.44. The van der Waals surface area contributed by atoms with E-state index in [2.05, 4.69) is 15.1 Å². The summed E-state index contributed by atoms with van der Waals surface area (Å²) in [5.41, 5.74) is -0.505. The van der Waals surface area contributed by atoms with Gasteiger partial charge in [-0.15, -0.1) is 0 Å². The van der Waals surface area contributed by atoms with Crippen LogP contribution in [0.15, 0.2) is 12.1 Å². The number of aromatic nitrogens is 4. The van der Waals surface area contributed by atoms with Crippen LogP contribution in [0.4, 0.5) is 13.2 Å². The molecule has 0 saturated heterocycles. The molecule has 0 bridgehead atoms. The SMILES string of the molecule is Cc1cc(Oc2cc(C(F)(F)F)nn2C)nc(Cl)n1. The van der Waals surface area contributed by atoms with Gasteiger partial charge in [-0.2, -0.15) is 23.3 Å². The van der Waals surface area contributed by atoms with E-state index in [1.807, 2.05) is 0 Å². The van der Waals surface area contributed by atoms with Gasteiger partial charge in [-0.1, -0.05) is 0 Å². The van der Waals surface area contributed by atoms with Crippen molar-refractivity contribution in [2.45, 2.75) is 13.1 Å². The van der Waals surface area contributed by atoms with Gasteiger partial charge in [-0.05, 0) is 18.5 Å². The molecule has 19 heavy (non-hydrogen) atoms. The molecule has 0 amide bonds. The van der Waals surface area contributed by atoms with Crippen LogP contribution >= 0.6 is 11.6 Å². The highest BCUT2D eigenvalue weighted by molar-refractivity contribution is 6.28. The first-order valence-electron chi connectivity index (χ1n) is 5.06. The topological polar surface area (TPSA) is 52.8 Å². The molecule has 0 aliphatic rings. The van der Waals surface area contributed by atoms with Crippen LogP contribution in [0.2, 0.25) is 5.28 Å². The highest BCUT2D eigenvalue weighted by atomic mass is 35.5. The molecule has 0 unspecified atom stereocenters. The molecule has 0 aromatic carbocycles. The second-order valence-corrected chi connectivity index (χ2v) is 4.05. The zero-order valence-electron chi connectivity index (χ0n) is 9.86. The van der Waals surface area contributed by atoms with Gasteiger partial charge in [0.05, 0.1) is 0 Å². The molecule has 5 nitrogen and oxygen atoms in total. The second kappa shape index (κ2) is 4.69. The summed E-state index contributed by atoms with van der Waals surface area (Å²) in [6, 6.07) is 2.23. The maximum absolute atomic E-state index is 12.5. The fraction of sp³-hybridized carbons (Fsp3) is 0.300. The molecule has 0 aliphatic carbocycles. The lowest BCUT2D eigenvalue weighted by Crippen LogP contribution is -2.06. The van der Waals surface area contributed by atoms with E-state index in [4.69, 9.17) is 16.3 Å². The Bertz CT molecular complexity index is 591. The number of aryl methyl sites for hydroxylation is 2. The minimum absolute atomic E-state index is 0.0480. The molecule has 0 radical (unpaired) electrons. The normalized spacial score (nSPS) is 11.7. The van der Waals surface area contributed by atoms with E-state index >= 15 is 0 Å². The Morgan fingerprint density at radius 3 is 2.47 bits per heavy atom. The van der Waals surface area contributed by atoms with Gasteiger partial charge in [-0.25, -0.2) is 9.67 Å². The summed E-state index contributed by atoms with van der Waals surface area (Å²) in [6.45, 7) is 1.66. The van der Waals surface area contributed by atoms with Crippen LogP contribution in [0.25, 0.3) is 0 Å². The van der Waals surface area contributed by atoms with Gasteiger partial charge in [-0.3, -0.25) is 0 Å². The zero-order valence-corrected chi connectivity index (χ0v) is 10.6. The molecular weight excluding hydrogens is 285 g/mol. The van der Waals surface area contributed by atoms with Crippen molar-refractivity contribution in [1.29, 1.82) is 0 Å². The number of halogens is 4. The fourth-order valence-corrected chi connectivity index (χ4v) is 1.56. The highest BCUT2D eigenvalue weighted by Crippen LogP contribution is 2.31. The van der Waals surface area contributed by atoms with E-state index in [1.165, 1.54) is 13.1 Å². The van der Waals surface area contributed by atoms with E-state index in [-0.39, 0.29) is 17.0 Å². The van der Waals surface area contributed by atoms with E-state index in [9.17, 15) is 13.2 Å². The van der Waals surface area contributed by atoms with Crippen LogP contribution in [0.5, 0.6) is 11.8 Å². The fourth-order valence-electron chi connectivity index (χ4n) is 1.35. The number of hydrogen-bond donors (Lipinski definition) is 0. The van der Waals surface area contributed by atoms with Crippen molar-refractivity contribution in [3.63, 3.8) is 0 Å². The van der Waals surface area contributed by atoms with Crippen molar-refractivity contribution in [3.8, 4) is 11.8 Å². The Kier molecular flexibility index (Phi) is 3.36. The highest BCUT2D eigenvalue weighted by Gasteiger charge is 2.35. The molecule has 2 aromatic heterocycles. The van der Waals surface area contributed by atoms with Crippen LogP contribution in [-0.4, -0.2) is 19.7 Å². The van der Waals surface area contributed by atoms with Crippen LogP contribution < -0.4 is 4.74 Å². The number of alkyl halides is 3. The lowest BCUT2D eigenvalue weighted by atomic mass is 10.4. The largest absolute Gasteiger partial charge is 0.435 e. The molecule has 0 N–H and O–H groups in total. The van der Waals surface area contributed by atoms with Gasteiger partial charge in [0.2, 0.25) is 17.0 Å². The Balaban J connectivity index is 2.31. The zero-order chi connectivity index (χ0) is 14.2. The number of rotatable bonds is 2. The minimum Gasteiger partial charge on any atom is -0.421 e. The molecule has 0 aliphatic heterocycles. The summed E-state index contributed by atoms with van der Waals surface area (Å²) in [5.74, 6) is -0.0456. The average Bonchev–Trinajstić information content (AvgIpc) is 2.58. The first-order chi connectivity index (χ1) is 8.75. The Hall–Kier alpha value is -1.83. The lowest BCUT2D eigenvalue weighted by Gasteiger charge is -2.04. The molecule has 0 spiro atoms. The van der Waals surface area contributed by atoms with E-state index in [1.54, 1.807) is 6.92 Å². The number of ether oxygens (including phenoxy) is 1. The summed E-state index contributed by atoms with van der Waals surface area (Å²) < 4.78 is 43.6. The van der Waals surface area contributed by atoms with Crippen molar-refractivity contribution in [3.05, 3.63) is 28.8 Å². The summed E-state index contributed by atoms with van der Waals surface area (Å²) in [5, 5.41) is 3.27. The third kappa shape index (κ3) is 3.14. The smallest absolute Gasteiger partial charge is 0.421 e. The van der Waals surface area contributed by atoms with Crippen molar-refractivity contribution in [1.82, 2.24) is 19.7 Å². The van der Waals surface area contributed by atoms with Crippen molar-refractivity contribution in [2.24, 2.45) is 7.05 Å². The Morgan fingerprint density at radius 1 is 1.26 bits per heavy atom. The second-order valence-electron chi connectivity index (χ2n) is 3.71. The lowest BCUT2D eigenvalue weighted by molar-refractivity contribution is -0.141. The van der Waals surface area contributed by atoms with Gasteiger partial charge in [0.1, 0.15) is 0 Å². The third-order valence-electron chi connectivity index (χ3n) is 2.14. The molecule has 2 heterocycles. The molecule has 0 fully saturated rings. The summed E-state index contributed by atoms with van der Waals surface area (Å²) in [6.07, 6.45) is -4.53. The van der Waals surface area contributed by atoms with E-state index < -0.39 is 11.9 Å². The average molecular weight is 293 g/mol. The predicted molar refractivity (Wildman–Crippen MR) is 60.1 cm³/mol. The van der Waals surface area contributed by atoms with Crippen LogP contribution in [-0.2, 0) is 13.2 Å². The standard InChI is InChI=1S/C10H8ClF3N4O/c1-5-3-7(16-9(11)15-5)19-8-4-6(10(12,13)14)17-18(8)2/h3-4H,1-2H3. The first kappa shape index (κ1) is 13.6. The van der Waals surface area contributed by atoms with Gasteiger partial charge >= 0.3 is 6.18 Å². The molecule has 0 atom stereocenters. The summed E-state index contributed by atoms with van der Waals surface area (Å²) >= 11 is 5.63. The summed E-state index contributed by atoms with van der Waals surface area (Å²) in [7, 11) is 1.33. The molecule has 2 rings (SSSR count). The van der Waals surface area contributed by atoms with Crippen molar-refractivity contribution < 1.29 is 17.9 Å². The predicted octanol–water partition coefficient (Wildman–Crippen LogP) is 2.98. The Morgan fingerprint density at radius 2 is 1.95 bits per heavy atom. The number of hydrogen-bond acceptors (Lipinski definition) is 4. The van der Waals surface area contributed by atoms with Crippen LogP contribution in [0.1, 0.15) is 11.4 Å². The summed E-state index contributed by atoms with van der Waals surface area (Å²) in [4.78, 5) is 7.57. The monoisotopic (exact) mass is 292 g/mol. The number of nitrogens with zero attached hydrogens (tertiary/aromatic N) is 4.